The first kappa shape index (κ1) is 31.6. The third-order valence-corrected chi connectivity index (χ3v) is 7.95. The van der Waals surface area contributed by atoms with E-state index in [1.54, 1.807) is 0 Å². The third kappa shape index (κ3) is 7.21. The van der Waals surface area contributed by atoms with E-state index in [0.29, 0.717) is 6.42 Å². The van der Waals surface area contributed by atoms with Crippen molar-refractivity contribution in [2.45, 2.75) is 115 Å². The normalized spacial score (nSPS) is 41.0. The van der Waals surface area contributed by atoms with E-state index in [-0.39, 0.29) is 17.9 Å². The number of aliphatic hydroxyl groups excluding tert-OH is 7. The van der Waals surface area contributed by atoms with Gasteiger partial charge in [-0.2, -0.15) is 0 Å². The zero-order valence-corrected chi connectivity index (χ0v) is 22.7. The number of hydrogen-bond acceptors (Lipinski definition) is 11. The number of allylic oxidation sites excluding steroid dienone is 4. The standard InChI is InChI=1S/C27H46O11/c1-14(7-8-16-15(2)6-5-10-27(16,3)4)9-11-35-25-23(34)21(32)24(18(13-29)37-25)38-26-22(33)20(31)19(30)17(12-28)36-26/h7-8,14,17-26,28-34H,5-6,9-13H2,1-4H3/t14?,17-,18-,19-,20+,21-,22-,23-,24-,25?,26+/m1/s1. The monoisotopic (exact) mass is 546 g/mol. The lowest BCUT2D eigenvalue weighted by molar-refractivity contribution is -0.359. The molecule has 11 atom stereocenters. The van der Waals surface area contributed by atoms with Crippen molar-refractivity contribution >= 4 is 0 Å². The van der Waals surface area contributed by atoms with Crippen molar-refractivity contribution in [1.82, 2.24) is 0 Å². The molecular formula is C27H46O11. The van der Waals surface area contributed by atoms with E-state index >= 15 is 0 Å². The Morgan fingerprint density at radius 3 is 2.18 bits per heavy atom. The van der Waals surface area contributed by atoms with E-state index in [2.05, 4.69) is 39.8 Å². The minimum absolute atomic E-state index is 0.152. The van der Waals surface area contributed by atoms with Crippen LogP contribution in [-0.4, -0.2) is 117 Å². The summed E-state index contributed by atoms with van der Waals surface area (Å²) in [6.45, 7) is 7.77. The van der Waals surface area contributed by atoms with Crippen molar-refractivity contribution in [2.24, 2.45) is 11.3 Å². The second-order valence-corrected chi connectivity index (χ2v) is 11.4. The van der Waals surface area contributed by atoms with Crippen LogP contribution in [0.3, 0.4) is 0 Å². The van der Waals surface area contributed by atoms with Gasteiger partial charge >= 0.3 is 0 Å². The van der Waals surface area contributed by atoms with Crippen LogP contribution in [0.5, 0.6) is 0 Å². The van der Waals surface area contributed by atoms with Gasteiger partial charge in [0.2, 0.25) is 0 Å². The first-order chi connectivity index (χ1) is 17.9. The maximum Gasteiger partial charge on any atom is 0.187 e. The Balaban J connectivity index is 1.54. The van der Waals surface area contributed by atoms with Gasteiger partial charge in [-0.05, 0) is 49.5 Å². The van der Waals surface area contributed by atoms with Gasteiger partial charge in [0.15, 0.2) is 12.6 Å². The maximum absolute atomic E-state index is 10.7. The Hall–Kier alpha value is -0.960. The maximum atomic E-state index is 10.7. The highest BCUT2D eigenvalue weighted by molar-refractivity contribution is 5.32. The molecule has 0 amide bonds. The summed E-state index contributed by atoms with van der Waals surface area (Å²) in [6.07, 6.45) is -6.10. The van der Waals surface area contributed by atoms with Gasteiger partial charge in [0, 0.05) is 0 Å². The summed E-state index contributed by atoms with van der Waals surface area (Å²) in [5.41, 5.74) is 2.95. The molecular weight excluding hydrogens is 500 g/mol. The molecule has 11 heteroatoms. The van der Waals surface area contributed by atoms with Gasteiger partial charge in [-0.15, -0.1) is 0 Å². The van der Waals surface area contributed by atoms with E-state index in [9.17, 15) is 35.7 Å². The van der Waals surface area contributed by atoms with Crippen molar-refractivity contribution < 1.29 is 54.7 Å². The third-order valence-electron chi connectivity index (χ3n) is 7.95. The van der Waals surface area contributed by atoms with Gasteiger partial charge in [0.05, 0.1) is 19.8 Å². The summed E-state index contributed by atoms with van der Waals surface area (Å²) >= 11 is 0. The second kappa shape index (κ2) is 13.6. The average molecular weight is 547 g/mol. The SMILES string of the molecule is CC1=C(C=CC(C)CCOC2O[C@H](CO)[C@@H](O[C@@H]3O[C@H](CO)[C@@H](O)[C@H](O)[C@H]3O)[C@H](O)[C@H]2O)C(C)(C)CCC1. The summed E-state index contributed by atoms with van der Waals surface area (Å²) in [5, 5.41) is 70.7. The molecule has 0 aromatic heterocycles. The molecule has 0 saturated carbocycles. The summed E-state index contributed by atoms with van der Waals surface area (Å²) in [5.74, 6) is 0.189. The Labute approximate surface area is 224 Å². The zero-order valence-electron chi connectivity index (χ0n) is 22.7. The molecule has 0 bridgehead atoms. The molecule has 2 unspecified atom stereocenters. The lowest BCUT2D eigenvalue weighted by Crippen LogP contribution is -2.64. The zero-order chi connectivity index (χ0) is 28.2. The van der Waals surface area contributed by atoms with E-state index < -0.39 is 74.6 Å². The second-order valence-electron chi connectivity index (χ2n) is 11.4. The molecule has 2 saturated heterocycles. The molecule has 220 valence electrons. The molecule has 0 spiro atoms. The van der Waals surface area contributed by atoms with Crippen LogP contribution < -0.4 is 0 Å². The molecule has 38 heavy (non-hydrogen) atoms. The van der Waals surface area contributed by atoms with Gasteiger partial charge in [-0.3, -0.25) is 0 Å². The van der Waals surface area contributed by atoms with Crippen LogP contribution >= 0.6 is 0 Å². The number of aliphatic hydroxyl groups is 7. The molecule has 1 aliphatic carbocycles. The van der Waals surface area contributed by atoms with Crippen LogP contribution in [0.25, 0.3) is 0 Å². The predicted octanol–water partition coefficient (Wildman–Crippen LogP) is -0.264. The van der Waals surface area contributed by atoms with Crippen LogP contribution in [0.4, 0.5) is 0 Å². The average Bonchev–Trinajstić information content (AvgIpc) is 2.87. The fourth-order valence-corrected chi connectivity index (χ4v) is 5.43. The molecule has 0 aromatic carbocycles. The predicted molar refractivity (Wildman–Crippen MR) is 136 cm³/mol. The highest BCUT2D eigenvalue weighted by Crippen LogP contribution is 2.41. The van der Waals surface area contributed by atoms with E-state index in [4.69, 9.17) is 18.9 Å². The topological polar surface area (TPSA) is 179 Å². The fraction of sp³-hybridized carbons (Fsp3) is 0.852. The summed E-state index contributed by atoms with van der Waals surface area (Å²) < 4.78 is 22.3. The fourth-order valence-electron chi connectivity index (χ4n) is 5.43. The minimum atomic E-state index is -1.71. The highest BCUT2D eigenvalue weighted by atomic mass is 16.7. The molecule has 2 fully saturated rings. The Morgan fingerprint density at radius 2 is 1.55 bits per heavy atom. The minimum Gasteiger partial charge on any atom is -0.394 e. The first-order valence-corrected chi connectivity index (χ1v) is 13.5. The number of hydrogen-bond donors (Lipinski definition) is 7. The van der Waals surface area contributed by atoms with Crippen LogP contribution in [0.2, 0.25) is 0 Å². The van der Waals surface area contributed by atoms with Crippen LogP contribution in [-0.2, 0) is 18.9 Å². The smallest absolute Gasteiger partial charge is 0.187 e. The van der Waals surface area contributed by atoms with Crippen molar-refractivity contribution in [2.75, 3.05) is 19.8 Å². The van der Waals surface area contributed by atoms with Crippen LogP contribution in [0.1, 0.15) is 53.4 Å². The molecule has 2 heterocycles. The van der Waals surface area contributed by atoms with Crippen molar-refractivity contribution in [3.63, 3.8) is 0 Å². The Kier molecular flexibility index (Phi) is 11.3. The van der Waals surface area contributed by atoms with Crippen LogP contribution in [0, 0.1) is 11.3 Å². The molecule has 0 aromatic rings. The Morgan fingerprint density at radius 1 is 0.921 bits per heavy atom. The van der Waals surface area contributed by atoms with Crippen molar-refractivity contribution in [3.05, 3.63) is 23.3 Å². The van der Waals surface area contributed by atoms with Gasteiger partial charge < -0.3 is 54.7 Å². The van der Waals surface area contributed by atoms with Crippen LogP contribution in [0.15, 0.2) is 23.3 Å². The van der Waals surface area contributed by atoms with Gasteiger partial charge in [-0.1, -0.05) is 38.5 Å². The van der Waals surface area contributed by atoms with Crippen molar-refractivity contribution in [3.8, 4) is 0 Å². The summed E-state index contributed by atoms with van der Waals surface area (Å²) in [6, 6.07) is 0. The lowest BCUT2D eigenvalue weighted by atomic mass is 9.72. The first-order valence-electron chi connectivity index (χ1n) is 13.5. The summed E-state index contributed by atoms with van der Waals surface area (Å²) in [7, 11) is 0. The molecule has 2 aliphatic heterocycles. The van der Waals surface area contributed by atoms with Gasteiger partial charge in [0.25, 0.3) is 0 Å². The summed E-state index contributed by atoms with van der Waals surface area (Å²) in [4.78, 5) is 0. The number of rotatable bonds is 10. The molecule has 7 N–H and O–H groups in total. The van der Waals surface area contributed by atoms with Gasteiger partial charge in [-0.25, -0.2) is 0 Å². The molecule has 11 nitrogen and oxygen atoms in total. The van der Waals surface area contributed by atoms with E-state index in [0.717, 1.165) is 12.8 Å². The van der Waals surface area contributed by atoms with E-state index in [1.807, 2.05) is 0 Å². The highest BCUT2D eigenvalue weighted by Gasteiger charge is 2.50. The molecule has 3 rings (SSSR count). The van der Waals surface area contributed by atoms with E-state index in [1.165, 1.54) is 17.6 Å². The lowest BCUT2D eigenvalue weighted by Gasteiger charge is -2.46. The van der Waals surface area contributed by atoms with Crippen molar-refractivity contribution in [1.29, 1.82) is 0 Å². The Bertz CT molecular complexity index is 811. The quantitative estimate of drug-likeness (QED) is 0.192. The molecule has 3 aliphatic rings. The largest absolute Gasteiger partial charge is 0.394 e. The number of ether oxygens (including phenoxy) is 4. The molecule has 0 radical (unpaired) electrons. The van der Waals surface area contributed by atoms with Gasteiger partial charge in [0.1, 0.15) is 48.8 Å².